The summed E-state index contributed by atoms with van der Waals surface area (Å²) >= 11 is 0. The standard InChI is InChI=1S/C37H35F4N5O2/c1-2-24-27(38)7-3-19-11-23(47)13-25(31(19)24)32-29(40)14-26-34(33(32)41)43-36(44-35(26)45-15-20-4-5-21(16-45)42-20)48-18-37(9-10-37)17-46-22-6-8-30(46)28(39)12-22/h1,3,7,11,13-14,20-22,28,30,42,47H,4-6,8-10,12,15-18H2. The number of hydrogen-bond acceptors (Lipinski definition) is 7. The van der Waals surface area contributed by atoms with E-state index < -0.39 is 29.2 Å². The smallest absolute Gasteiger partial charge is 0.319 e. The molecule has 4 bridgehead atoms. The van der Waals surface area contributed by atoms with Crippen molar-refractivity contribution in [2.75, 3.05) is 31.1 Å². The molecule has 5 heterocycles. The Balaban J connectivity index is 1.15. The monoisotopic (exact) mass is 657 g/mol. The molecule has 1 aliphatic carbocycles. The summed E-state index contributed by atoms with van der Waals surface area (Å²) in [6.07, 6.45) is 11.2. The minimum absolute atomic E-state index is 0.0185. The van der Waals surface area contributed by atoms with Crippen LogP contribution in [0.2, 0.25) is 0 Å². The Labute approximate surface area is 275 Å². The third-order valence-corrected chi connectivity index (χ3v) is 11.4. The number of terminal acetylenes is 1. The van der Waals surface area contributed by atoms with Gasteiger partial charge in [-0.25, -0.2) is 17.6 Å². The molecular weight excluding hydrogens is 622 g/mol. The van der Waals surface area contributed by atoms with E-state index in [9.17, 15) is 13.9 Å². The number of aromatic hydroxyl groups is 1. The molecule has 4 aliphatic heterocycles. The normalized spacial score (nSPS) is 27.2. The van der Waals surface area contributed by atoms with Gasteiger partial charge in [0.05, 0.1) is 17.7 Å². The van der Waals surface area contributed by atoms with Gasteiger partial charge in [0.1, 0.15) is 34.9 Å². The van der Waals surface area contributed by atoms with E-state index in [1.54, 1.807) is 0 Å². The van der Waals surface area contributed by atoms with Crippen molar-refractivity contribution in [3.63, 3.8) is 0 Å². The molecule has 2 N–H and O–H groups in total. The molecule has 5 fully saturated rings. The summed E-state index contributed by atoms with van der Waals surface area (Å²) in [5.41, 5.74) is -1.02. The summed E-state index contributed by atoms with van der Waals surface area (Å²) in [7, 11) is 0. The zero-order chi connectivity index (χ0) is 32.9. The van der Waals surface area contributed by atoms with Gasteiger partial charge in [-0.3, -0.25) is 4.90 Å². The summed E-state index contributed by atoms with van der Waals surface area (Å²) in [6.45, 7) is 2.27. The van der Waals surface area contributed by atoms with Crippen molar-refractivity contribution in [3.05, 3.63) is 53.3 Å². The Morgan fingerprint density at radius 1 is 1.02 bits per heavy atom. The molecule has 0 spiro atoms. The molecule has 4 saturated heterocycles. The quantitative estimate of drug-likeness (QED) is 0.180. The number of benzene rings is 3. The number of phenols is 1. The summed E-state index contributed by atoms with van der Waals surface area (Å²) in [4.78, 5) is 13.6. The highest BCUT2D eigenvalue weighted by atomic mass is 19.1. The minimum Gasteiger partial charge on any atom is -0.508 e. The van der Waals surface area contributed by atoms with Crippen LogP contribution in [0.3, 0.4) is 0 Å². The lowest BCUT2D eigenvalue weighted by molar-refractivity contribution is 0.133. The molecule has 1 aromatic heterocycles. The number of rotatable bonds is 7. The fourth-order valence-corrected chi connectivity index (χ4v) is 8.85. The second-order valence-corrected chi connectivity index (χ2v) is 14.5. The maximum atomic E-state index is 16.9. The number of anilines is 1. The number of aromatic nitrogens is 2. The fourth-order valence-electron chi connectivity index (χ4n) is 8.85. The van der Waals surface area contributed by atoms with Gasteiger partial charge in [-0.05, 0) is 74.6 Å². The number of nitrogens with one attached hydrogen (secondary N) is 1. The molecule has 9 rings (SSSR count). The van der Waals surface area contributed by atoms with E-state index in [1.807, 2.05) is 4.90 Å². The molecule has 5 unspecified atom stereocenters. The van der Waals surface area contributed by atoms with Gasteiger partial charge in [-0.2, -0.15) is 9.97 Å². The molecule has 5 atom stereocenters. The third kappa shape index (κ3) is 4.78. The van der Waals surface area contributed by atoms with E-state index in [2.05, 4.69) is 21.1 Å². The van der Waals surface area contributed by atoms with E-state index in [4.69, 9.17) is 16.1 Å². The van der Waals surface area contributed by atoms with Crippen LogP contribution in [0.5, 0.6) is 11.8 Å². The van der Waals surface area contributed by atoms with E-state index in [0.29, 0.717) is 37.3 Å². The average Bonchev–Trinajstić information content (AvgIpc) is 3.49. The van der Waals surface area contributed by atoms with Crippen LogP contribution in [0.4, 0.5) is 23.4 Å². The van der Waals surface area contributed by atoms with Crippen molar-refractivity contribution in [1.82, 2.24) is 20.2 Å². The number of hydrogen-bond donors (Lipinski definition) is 2. The first kappa shape index (κ1) is 30.0. The van der Waals surface area contributed by atoms with Crippen LogP contribution in [-0.4, -0.2) is 76.6 Å². The molecule has 7 nitrogen and oxygen atoms in total. The van der Waals surface area contributed by atoms with Crippen molar-refractivity contribution in [2.24, 2.45) is 5.41 Å². The second-order valence-electron chi connectivity index (χ2n) is 14.5. The first-order valence-corrected chi connectivity index (χ1v) is 16.9. The van der Waals surface area contributed by atoms with Crippen LogP contribution in [-0.2, 0) is 0 Å². The number of alkyl halides is 1. The largest absolute Gasteiger partial charge is 0.508 e. The van der Waals surface area contributed by atoms with Crippen LogP contribution in [0.25, 0.3) is 32.8 Å². The van der Waals surface area contributed by atoms with E-state index in [0.717, 1.165) is 51.1 Å². The first-order chi connectivity index (χ1) is 23.2. The number of piperazine rings is 1. The maximum absolute atomic E-state index is 16.9. The fraction of sp³-hybridized carbons (Fsp3) is 0.459. The molecule has 11 heteroatoms. The second kappa shape index (κ2) is 10.9. The van der Waals surface area contributed by atoms with Crippen LogP contribution in [0, 0.1) is 35.2 Å². The maximum Gasteiger partial charge on any atom is 0.319 e. The number of ether oxygens (including phenoxy) is 1. The van der Waals surface area contributed by atoms with Gasteiger partial charge < -0.3 is 20.1 Å². The average molecular weight is 658 g/mol. The van der Waals surface area contributed by atoms with Crippen LogP contribution < -0.4 is 15.0 Å². The molecular formula is C37H35F4N5O2. The van der Waals surface area contributed by atoms with Gasteiger partial charge in [-0.1, -0.05) is 12.0 Å². The predicted octanol–water partition coefficient (Wildman–Crippen LogP) is 6.23. The lowest BCUT2D eigenvalue weighted by atomic mass is 9.92. The van der Waals surface area contributed by atoms with Gasteiger partial charge in [0.25, 0.3) is 0 Å². The molecule has 3 aromatic carbocycles. The summed E-state index contributed by atoms with van der Waals surface area (Å²) in [5.74, 6) is -0.181. The van der Waals surface area contributed by atoms with Crippen molar-refractivity contribution in [2.45, 2.75) is 75.3 Å². The van der Waals surface area contributed by atoms with E-state index in [1.165, 1.54) is 24.3 Å². The predicted molar refractivity (Wildman–Crippen MR) is 174 cm³/mol. The van der Waals surface area contributed by atoms with E-state index >= 15 is 8.78 Å². The van der Waals surface area contributed by atoms with Crippen molar-refractivity contribution in [1.29, 1.82) is 0 Å². The summed E-state index contributed by atoms with van der Waals surface area (Å²) in [5, 5.41) is 14.8. The van der Waals surface area contributed by atoms with E-state index in [-0.39, 0.29) is 68.8 Å². The van der Waals surface area contributed by atoms with Gasteiger partial charge in [-0.15, -0.1) is 6.42 Å². The van der Waals surface area contributed by atoms with Crippen molar-refractivity contribution >= 4 is 27.5 Å². The minimum atomic E-state index is -0.987. The number of nitrogens with zero attached hydrogens (tertiary/aromatic N) is 4. The number of halogens is 4. The Hall–Kier alpha value is -4.14. The van der Waals surface area contributed by atoms with Gasteiger partial charge >= 0.3 is 6.01 Å². The lowest BCUT2D eigenvalue weighted by Gasteiger charge is -2.34. The molecule has 0 radical (unpaired) electrons. The molecule has 48 heavy (non-hydrogen) atoms. The molecule has 4 aromatic rings. The molecule has 248 valence electrons. The molecule has 1 saturated carbocycles. The number of phenolic OH excluding ortho intramolecular Hbond substituents is 1. The first-order valence-electron chi connectivity index (χ1n) is 16.9. The van der Waals surface area contributed by atoms with Crippen LogP contribution >= 0.6 is 0 Å². The number of fused-ring (bicyclic) bond motifs is 6. The molecule has 0 amide bonds. The topological polar surface area (TPSA) is 73.8 Å². The summed E-state index contributed by atoms with van der Waals surface area (Å²) in [6, 6.07) is 7.02. The van der Waals surface area contributed by atoms with Gasteiger partial charge in [0.15, 0.2) is 5.82 Å². The Morgan fingerprint density at radius 3 is 2.50 bits per heavy atom. The highest BCUT2D eigenvalue weighted by molar-refractivity contribution is 6.04. The van der Waals surface area contributed by atoms with Gasteiger partial charge in [0, 0.05) is 65.6 Å². The van der Waals surface area contributed by atoms with Crippen molar-refractivity contribution < 1.29 is 27.4 Å². The zero-order valence-electron chi connectivity index (χ0n) is 26.3. The van der Waals surface area contributed by atoms with Crippen LogP contribution in [0.15, 0.2) is 30.3 Å². The Morgan fingerprint density at radius 2 is 1.81 bits per heavy atom. The lowest BCUT2D eigenvalue weighted by Crippen LogP contribution is -2.51. The van der Waals surface area contributed by atoms with Crippen LogP contribution in [0.1, 0.15) is 50.5 Å². The van der Waals surface area contributed by atoms with Gasteiger partial charge in [0.2, 0.25) is 0 Å². The molecule has 5 aliphatic rings. The SMILES string of the molecule is C#Cc1c(F)ccc2cc(O)cc(-c3c(F)cc4c(N5CC6CCC(C5)N6)nc(OCC5(CN6C7CCC6C(F)C7)CC5)nc4c3F)c12. The highest BCUT2D eigenvalue weighted by Crippen LogP contribution is 2.51. The Kier molecular flexibility index (Phi) is 6.83. The Bertz CT molecular complexity index is 2020. The highest BCUT2D eigenvalue weighted by Gasteiger charge is 2.53. The third-order valence-electron chi connectivity index (χ3n) is 11.4. The zero-order valence-corrected chi connectivity index (χ0v) is 26.3. The summed E-state index contributed by atoms with van der Waals surface area (Å²) < 4.78 is 68.8. The van der Waals surface area contributed by atoms with Crippen molar-refractivity contribution in [3.8, 4) is 35.2 Å².